The van der Waals surface area contributed by atoms with Crippen molar-refractivity contribution in [2.45, 2.75) is 52.0 Å². The van der Waals surface area contributed by atoms with Crippen LogP contribution in [-0.4, -0.2) is 25.0 Å². The second-order valence-electron chi connectivity index (χ2n) is 5.79. The largest absolute Gasteiger partial charge is 0.355 e. The number of rotatable bonds is 5. The molecule has 92 valence electrons. The fraction of sp³-hybridized carbons (Fsp3) is 0.923. The second-order valence-corrected chi connectivity index (χ2v) is 5.79. The molecule has 1 saturated carbocycles. The van der Waals surface area contributed by atoms with Crippen molar-refractivity contribution in [3.63, 3.8) is 0 Å². The maximum absolute atomic E-state index is 11.7. The van der Waals surface area contributed by atoms with E-state index in [0.717, 1.165) is 19.5 Å². The van der Waals surface area contributed by atoms with Crippen LogP contribution in [0.5, 0.6) is 0 Å². The Morgan fingerprint density at radius 1 is 1.50 bits per heavy atom. The molecule has 16 heavy (non-hydrogen) atoms. The molecule has 2 fully saturated rings. The van der Waals surface area contributed by atoms with Crippen LogP contribution in [0.4, 0.5) is 0 Å². The minimum atomic E-state index is 0.228. The molecule has 0 aromatic rings. The third-order valence-corrected chi connectivity index (χ3v) is 4.35. The van der Waals surface area contributed by atoms with Crippen LogP contribution < -0.4 is 10.6 Å². The van der Waals surface area contributed by atoms with Gasteiger partial charge >= 0.3 is 0 Å². The molecule has 0 spiro atoms. The minimum Gasteiger partial charge on any atom is -0.355 e. The van der Waals surface area contributed by atoms with Gasteiger partial charge in [0, 0.05) is 19.0 Å². The van der Waals surface area contributed by atoms with Crippen molar-refractivity contribution < 1.29 is 4.79 Å². The van der Waals surface area contributed by atoms with Gasteiger partial charge in [0.2, 0.25) is 5.91 Å². The van der Waals surface area contributed by atoms with Crippen molar-refractivity contribution in [2.24, 2.45) is 11.3 Å². The third kappa shape index (κ3) is 2.76. The number of carbonyl (C=O) groups excluding carboxylic acids is 1. The van der Waals surface area contributed by atoms with Crippen LogP contribution in [0.2, 0.25) is 0 Å². The summed E-state index contributed by atoms with van der Waals surface area (Å²) in [6.45, 7) is 6.49. The van der Waals surface area contributed by atoms with E-state index in [-0.39, 0.29) is 5.91 Å². The Morgan fingerprint density at radius 2 is 2.25 bits per heavy atom. The van der Waals surface area contributed by atoms with Crippen LogP contribution in [-0.2, 0) is 4.79 Å². The zero-order valence-corrected chi connectivity index (χ0v) is 10.5. The van der Waals surface area contributed by atoms with E-state index in [4.69, 9.17) is 0 Å². The molecule has 0 aromatic carbocycles. The number of hydrogen-bond donors (Lipinski definition) is 2. The summed E-state index contributed by atoms with van der Waals surface area (Å²) in [6.07, 6.45) is 5.60. The first-order valence-corrected chi connectivity index (χ1v) is 6.62. The predicted octanol–water partition coefficient (Wildman–Crippen LogP) is 1.68. The van der Waals surface area contributed by atoms with Crippen LogP contribution in [0.3, 0.4) is 0 Å². The molecule has 3 nitrogen and oxygen atoms in total. The van der Waals surface area contributed by atoms with Crippen LogP contribution in [0.15, 0.2) is 0 Å². The van der Waals surface area contributed by atoms with E-state index in [9.17, 15) is 4.79 Å². The Balaban J connectivity index is 1.67. The van der Waals surface area contributed by atoms with Crippen LogP contribution in [0.25, 0.3) is 0 Å². The molecule has 1 amide bonds. The lowest BCUT2D eigenvalue weighted by Crippen LogP contribution is -2.36. The van der Waals surface area contributed by atoms with Crippen LogP contribution in [0, 0.1) is 11.3 Å². The zero-order valence-electron chi connectivity index (χ0n) is 10.5. The van der Waals surface area contributed by atoms with Gasteiger partial charge in [-0.2, -0.15) is 0 Å². The summed E-state index contributed by atoms with van der Waals surface area (Å²) in [5, 5.41) is 6.48. The molecule has 1 unspecified atom stereocenters. The molecule has 1 atom stereocenters. The monoisotopic (exact) mass is 224 g/mol. The van der Waals surface area contributed by atoms with E-state index in [0.29, 0.717) is 23.8 Å². The van der Waals surface area contributed by atoms with E-state index in [1.165, 1.54) is 19.3 Å². The molecule has 2 N–H and O–H groups in total. The fourth-order valence-electron chi connectivity index (χ4n) is 2.62. The number of hydrogen-bond acceptors (Lipinski definition) is 2. The minimum absolute atomic E-state index is 0.228. The van der Waals surface area contributed by atoms with Crippen molar-refractivity contribution in [3.8, 4) is 0 Å². The Morgan fingerprint density at radius 3 is 2.75 bits per heavy atom. The van der Waals surface area contributed by atoms with Crippen LogP contribution >= 0.6 is 0 Å². The smallest absolute Gasteiger partial charge is 0.221 e. The van der Waals surface area contributed by atoms with Crippen molar-refractivity contribution in [3.05, 3.63) is 0 Å². The summed E-state index contributed by atoms with van der Waals surface area (Å²) in [5.74, 6) is 0.920. The first kappa shape index (κ1) is 11.9. The molecule has 0 radical (unpaired) electrons. The molecular weight excluding hydrogens is 200 g/mol. The Bertz CT molecular complexity index is 253. The predicted molar refractivity (Wildman–Crippen MR) is 65.2 cm³/mol. The number of nitrogens with one attached hydrogen (secondary N) is 2. The fourth-order valence-corrected chi connectivity index (χ4v) is 2.62. The second kappa shape index (κ2) is 4.74. The van der Waals surface area contributed by atoms with Crippen LogP contribution in [0.1, 0.15) is 46.0 Å². The van der Waals surface area contributed by atoms with Gasteiger partial charge in [-0.15, -0.1) is 0 Å². The molecule has 1 aliphatic carbocycles. The molecule has 2 rings (SSSR count). The summed E-state index contributed by atoms with van der Waals surface area (Å²) in [4.78, 5) is 11.7. The van der Waals surface area contributed by atoms with Crippen molar-refractivity contribution in [1.82, 2.24) is 10.6 Å². The Hall–Kier alpha value is -0.570. The first-order valence-electron chi connectivity index (χ1n) is 6.62. The quantitative estimate of drug-likeness (QED) is 0.746. The van der Waals surface area contributed by atoms with Gasteiger partial charge in [-0.05, 0) is 43.6 Å². The molecule has 1 saturated heterocycles. The molecule has 3 heteroatoms. The van der Waals surface area contributed by atoms with E-state index in [2.05, 4.69) is 24.5 Å². The SMILES string of the molecule is CC(C)C1(CNC(=O)CC2CCCN2)CC1. The standard InChI is InChI=1S/C13H24N2O/c1-10(2)13(5-6-13)9-15-12(16)8-11-4-3-7-14-11/h10-11,14H,3-9H2,1-2H3,(H,15,16). The van der Waals surface area contributed by atoms with Gasteiger partial charge < -0.3 is 10.6 Å². The van der Waals surface area contributed by atoms with Gasteiger partial charge in [-0.25, -0.2) is 0 Å². The van der Waals surface area contributed by atoms with Gasteiger partial charge in [0.1, 0.15) is 0 Å². The van der Waals surface area contributed by atoms with Gasteiger partial charge in [-0.1, -0.05) is 13.8 Å². The van der Waals surface area contributed by atoms with Gasteiger partial charge in [-0.3, -0.25) is 4.79 Å². The highest BCUT2D eigenvalue weighted by Crippen LogP contribution is 2.51. The maximum Gasteiger partial charge on any atom is 0.221 e. The van der Waals surface area contributed by atoms with Crippen molar-refractivity contribution >= 4 is 5.91 Å². The summed E-state index contributed by atoms with van der Waals surface area (Å²) >= 11 is 0. The molecule has 0 bridgehead atoms. The summed E-state index contributed by atoms with van der Waals surface area (Å²) in [5.41, 5.74) is 0.429. The average Bonchev–Trinajstić information content (AvgIpc) is 2.88. The van der Waals surface area contributed by atoms with Gasteiger partial charge in [0.05, 0.1) is 0 Å². The zero-order chi connectivity index (χ0) is 11.6. The molecule has 1 aliphatic heterocycles. The van der Waals surface area contributed by atoms with Gasteiger partial charge in [0.25, 0.3) is 0 Å². The topological polar surface area (TPSA) is 41.1 Å². The summed E-state index contributed by atoms with van der Waals surface area (Å²) in [7, 11) is 0. The number of carbonyl (C=O) groups is 1. The molecule has 2 aliphatic rings. The average molecular weight is 224 g/mol. The van der Waals surface area contributed by atoms with E-state index in [1.807, 2.05) is 0 Å². The molecular formula is C13H24N2O. The molecule has 1 heterocycles. The number of amides is 1. The summed E-state index contributed by atoms with van der Waals surface area (Å²) in [6, 6.07) is 0.425. The lowest BCUT2D eigenvalue weighted by molar-refractivity contribution is -0.121. The van der Waals surface area contributed by atoms with Crippen molar-refractivity contribution in [1.29, 1.82) is 0 Å². The Labute approximate surface area is 98.4 Å². The van der Waals surface area contributed by atoms with E-state index >= 15 is 0 Å². The highest BCUT2D eigenvalue weighted by molar-refractivity contribution is 5.76. The molecule has 0 aromatic heterocycles. The lowest BCUT2D eigenvalue weighted by Gasteiger charge is -2.20. The maximum atomic E-state index is 11.7. The van der Waals surface area contributed by atoms with E-state index in [1.54, 1.807) is 0 Å². The highest BCUT2D eigenvalue weighted by atomic mass is 16.1. The summed E-state index contributed by atoms with van der Waals surface area (Å²) < 4.78 is 0. The highest BCUT2D eigenvalue weighted by Gasteiger charge is 2.45. The van der Waals surface area contributed by atoms with Gasteiger partial charge in [0.15, 0.2) is 0 Å². The van der Waals surface area contributed by atoms with E-state index < -0.39 is 0 Å². The van der Waals surface area contributed by atoms with Crippen molar-refractivity contribution in [2.75, 3.05) is 13.1 Å². The lowest BCUT2D eigenvalue weighted by atomic mass is 9.92. The normalized spacial score (nSPS) is 27.1. The first-order chi connectivity index (χ1) is 7.62. The third-order valence-electron chi connectivity index (χ3n) is 4.35. The Kier molecular flexibility index (Phi) is 3.53.